The van der Waals surface area contributed by atoms with Crippen molar-refractivity contribution in [3.05, 3.63) is 12.7 Å². The molecule has 6 nitrogen and oxygen atoms in total. The Morgan fingerprint density at radius 1 is 1.47 bits per heavy atom. The summed E-state index contributed by atoms with van der Waals surface area (Å²) >= 11 is 0. The fourth-order valence-electron chi connectivity index (χ4n) is 0.840. The summed E-state index contributed by atoms with van der Waals surface area (Å²) in [5.41, 5.74) is 0. The van der Waals surface area contributed by atoms with Crippen LogP contribution in [0, 0.1) is 5.92 Å². The van der Waals surface area contributed by atoms with E-state index in [9.17, 15) is 9.59 Å². The molecule has 86 valence electrons. The van der Waals surface area contributed by atoms with Gasteiger partial charge in [-0.2, -0.15) is 0 Å². The third-order valence-corrected chi connectivity index (χ3v) is 1.75. The number of nitrogens with one attached hydrogen (secondary N) is 1. The van der Waals surface area contributed by atoms with Gasteiger partial charge in [0.15, 0.2) is 0 Å². The molecule has 2 unspecified atom stereocenters. The highest BCUT2D eigenvalue weighted by atomic mass is 16.4. The molecule has 2 atom stereocenters. The summed E-state index contributed by atoms with van der Waals surface area (Å²) in [5.74, 6) is -2.56. The van der Waals surface area contributed by atoms with Crippen molar-refractivity contribution in [2.24, 2.45) is 5.92 Å². The smallest absolute Gasteiger partial charge is 0.310 e. The van der Waals surface area contributed by atoms with E-state index in [1.54, 1.807) is 0 Å². The third-order valence-electron chi connectivity index (χ3n) is 1.75. The highest BCUT2D eigenvalue weighted by Crippen LogP contribution is 2.03. The molecule has 1 amide bonds. The molecular formula is C9H15NO5. The van der Waals surface area contributed by atoms with Crippen molar-refractivity contribution in [2.45, 2.75) is 12.5 Å². The third kappa shape index (κ3) is 5.82. The summed E-state index contributed by atoms with van der Waals surface area (Å²) in [6.07, 6.45) is -0.0811. The van der Waals surface area contributed by atoms with Gasteiger partial charge in [-0.3, -0.25) is 9.59 Å². The normalized spacial score (nSPS) is 14.0. The minimum absolute atomic E-state index is 0.0984. The second-order valence-electron chi connectivity index (χ2n) is 3.03. The molecule has 0 spiro atoms. The van der Waals surface area contributed by atoms with Gasteiger partial charge in [0.1, 0.15) is 0 Å². The molecule has 0 saturated heterocycles. The predicted octanol–water partition coefficient (Wildman–Crippen LogP) is -1.27. The summed E-state index contributed by atoms with van der Waals surface area (Å²) in [7, 11) is 0. The van der Waals surface area contributed by atoms with Gasteiger partial charge in [-0.25, -0.2) is 0 Å². The maximum atomic E-state index is 11.1. The summed E-state index contributed by atoms with van der Waals surface area (Å²) in [6, 6.07) is 0. The quantitative estimate of drug-likeness (QED) is 0.398. The molecular weight excluding hydrogens is 202 g/mol. The Morgan fingerprint density at radius 3 is 2.47 bits per heavy atom. The molecule has 0 aromatic carbocycles. The van der Waals surface area contributed by atoms with E-state index in [0.29, 0.717) is 0 Å². The first kappa shape index (κ1) is 13.6. The number of aliphatic hydroxyl groups excluding tert-OH is 2. The molecule has 15 heavy (non-hydrogen) atoms. The summed E-state index contributed by atoms with van der Waals surface area (Å²) in [6.45, 7) is 2.74. The molecule has 0 heterocycles. The van der Waals surface area contributed by atoms with E-state index in [0.717, 1.165) is 0 Å². The van der Waals surface area contributed by atoms with Crippen molar-refractivity contribution in [3.63, 3.8) is 0 Å². The minimum atomic E-state index is -1.12. The number of aliphatic carboxylic acids is 1. The van der Waals surface area contributed by atoms with E-state index in [1.165, 1.54) is 6.08 Å². The summed E-state index contributed by atoms with van der Waals surface area (Å²) < 4.78 is 0. The standard InChI is InChI=1S/C9H15NO5/c1-2-6(9(14)15)3-8(13)10-4-7(12)5-11/h2,6-7,11-12H,1,3-5H2,(H,10,13)(H,14,15). The number of amides is 1. The van der Waals surface area contributed by atoms with Crippen molar-refractivity contribution in [1.29, 1.82) is 0 Å². The number of carbonyl (C=O) groups excluding carboxylic acids is 1. The van der Waals surface area contributed by atoms with Crippen LogP contribution in [-0.4, -0.2) is 46.5 Å². The molecule has 0 bridgehead atoms. The van der Waals surface area contributed by atoms with Gasteiger partial charge in [-0.15, -0.1) is 6.58 Å². The Hall–Kier alpha value is -1.40. The maximum absolute atomic E-state index is 11.1. The predicted molar refractivity (Wildman–Crippen MR) is 52.0 cm³/mol. The monoisotopic (exact) mass is 217 g/mol. The Labute approximate surface area is 87.2 Å². The fraction of sp³-hybridized carbons (Fsp3) is 0.556. The molecule has 0 aliphatic rings. The molecule has 0 aliphatic heterocycles. The second kappa shape index (κ2) is 6.97. The molecule has 6 heteroatoms. The number of hydrogen-bond donors (Lipinski definition) is 4. The van der Waals surface area contributed by atoms with Gasteiger partial charge in [0, 0.05) is 13.0 Å². The number of rotatable bonds is 7. The van der Waals surface area contributed by atoms with Crippen LogP contribution in [0.1, 0.15) is 6.42 Å². The second-order valence-corrected chi connectivity index (χ2v) is 3.03. The lowest BCUT2D eigenvalue weighted by Gasteiger charge is -2.10. The Morgan fingerprint density at radius 2 is 2.07 bits per heavy atom. The van der Waals surface area contributed by atoms with Gasteiger partial charge in [0.2, 0.25) is 5.91 Å². The van der Waals surface area contributed by atoms with Crippen LogP contribution < -0.4 is 5.32 Å². The van der Waals surface area contributed by atoms with Crippen molar-refractivity contribution in [3.8, 4) is 0 Å². The van der Waals surface area contributed by atoms with E-state index >= 15 is 0 Å². The van der Waals surface area contributed by atoms with Crippen LogP contribution >= 0.6 is 0 Å². The van der Waals surface area contributed by atoms with Crippen LogP contribution in [0.25, 0.3) is 0 Å². The average molecular weight is 217 g/mol. The largest absolute Gasteiger partial charge is 0.481 e. The average Bonchev–Trinajstić information content (AvgIpc) is 2.21. The van der Waals surface area contributed by atoms with E-state index in [4.69, 9.17) is 15.3 Å². The highest BCUT2D eigenvalue weighted by molar-refractivity contribution is 5.83. The minimum Gasteiger partial charge on any atom is -0.481 e. The lowest BCUT2D eigenvalue weighted by atomic mass is 10.1. The Balaban J connectivity index is 3.91. The van der Waals surface area contributed by atoms with E-state index < -0.39 is 30.5 Å². The highest BCUT2D eigenvalue weighted by Gasteiger charge is 2.17. The van der Waals surface area contributed by atoms with Gasteiger partial charge in [0.25, 0.3) is 0 Å². The first-order valence-electron chi connectivity index (χ1n) is 4.42. The first-order valence-corrected chi connectivity index (χ1v) is 4.42. The molecule has 0 fully saturated rings. The zero-order chi connectivity index (χ0) is 11.8. The van der Waals surface area contributed by atoms with E-state index in [-0.39, 0.29) is 13.0 Å². The van der Waals surface area contributed by atoms with Crippen LogP contribution in [-0.2, 0) is 9.59 Å². The number of hydrogen-bond acceptors (Lipinski definition) is 4. The van der Waals surface area contributed by atoms with Crippen LogP contribution in [0.5, 0.6) is 0 Å². The van der Waals surface area contributed by atoms with Crippen LogP contribution in [0.15, 0.2) is 12.7 Å². The van der Waals surface area contributed by atoms with Gasteiger partial charge >= 0.3 is 5.97 Å². The Kier molecular flexibility index (Phi) is 6.32. The number of carbonyl (C=O) groups is 2. The molecule has 0 radical (unpaired) electrons. The van der Waals surface area contributed by atoms with Gasteiger partial charge in [-0.1, -0.05) is 6.08 Å². The molecule has 0 rings (SSSR count). The molecule has 0 saturated carbocycles. The first-order chi connectivity index (χ1) is 7.01. The topological polar surface area (TPSA) is 107 Å². The van der Waals surface area contributed by atoms with Gasteiger partial charge < -0.3 is 20.6 Å². The fourth-order valence-corrected chi connectivity index (χ4v) is 0.840. The van der Waals surface area contributed by atoms with E-state index in [2.05, 4.69) is 11.9 Å². The van der Waals surface area contributed by atoms with Crippen molar-refractivity contribution in [1.82, 2.24) is 5.32 Å². The van der Waals surface area contributed by atoms with Crippen molar-refractivity contribution >= 4 is 11.9 Å². The lowest BCUT2D eigenvalue weighted by Crippen LogP contribution is -2.35. The number of carboxylic acids is 1. The zero-order valence-corrected chi connectivity index (χ0v) is 8.22. The number of carboxylic acid groups (broad SMARTS) is 1. The van der Waals surface area contributed by atoms with Crippen LogP contribution in [0.4, 0.5) is 0 Å². The van der Waals surface area contributed by atoms with Gasteiger partial charge in [0.05, 0.1) is 18.6 Å². The summed E-state index contributed by atoms with van der Waals surface area (Å²) in [4.78, 5) is 21.6. The number of aliphatic hydroxyl groups is 2. The van der Waals surface area contributed by atoms with Crippen molar-refractivity contribution < 1.29 is 24.9 Å². The van der Waals surface area contributed by atoms with E-state index in [1.807, 2.05) is 0 Å². The SMILES string of the molecule is C=CC(CC(=O)NCC(O)CO)C(=O)O. The molecule has 0 aliphatic carbocycles. The summed E-state index contributed by atoms with van der Waals surface area (Å²) in [5, 5.41) is 28.3. The Bertz CT molecular complexity index is 241. The zero-order valence-electron chi connectivity index (χ0n) is 8.22. The van der Waals surface area contributed by atoms with Crippen LogP contribution in [0.3, 0.4) is 0 Å². The molecule has 0 aromatic heterocycles. The molecule has 4 N–H and O–H groups in total. The lowest BCUT2D eigenvalue weighted by molar-refractivity contribution is -0.142. The van der Waals surface area contributed by atoms with Gasteiger partial charge in [-0.05, 0) is 0 Å². The van der Waals surface area contributed by atoms with Crippen LogP contribution in [0.2, 0.25) is 0 Å². The van der Waals surface area contributed by atoms with Crippen molar-refractivity contribution in [2.75, 3.05) is 13.2 Å². The maximum Gasteiger partial charge on any atom is 0.310 e. The molecule has 0 aromatic rings.